The zero-order valence-corrected chi connectivity index (χ0v) is 13.5. The predicted octanol–water partition coefficient (Wildman–Crippen LogP) is 5.00. The molecule has 120 valence electrons. The number of hydrogen-bond donors (Lipinski definition) is 0. The van der Waals surface area contributed by atoms with Gasteiger partial charge in [-0.2, -0.15) is 13.2 Å². The largest absolute Gasteiger partial charge is 0.417 e. The first-order valence-corrected chi connectivity index (χ1v) is 8.01. The summed E-state index contributed by atoms with van der Waals surface area (Å²) in [6.45, 7) is 1.98. The minimum absolute atomic E-state index is 0.0740. The van der Waals surface area contributed by atoms with Crippen LogP contribution in [-0.4, -0.2) is 14.6 Å². The van der Waals surface area contributed by atoms with Gasteiger partial charge in [-0.25, -0.2) is 0 Å². The van der Waals surface area contributed by atoms with E-state index in [0.717, 1.165) is 23.4 Å². The van der Waals surface area contributed by atoms with Crippen molar-refractivity contribution in [3.05, 3.63) is 58.2 Å². The molecular formula is C15H11ClF3N3S. The van der Waals surface area contributed by atoms with Gasteiger partial charge in [0.15, 0.2) is 10.8 Å². The minimum atomic E-state index is -4.47. The third-order valence-corrected chi connectivity index (χ3v) is 4.64. The molecule has 1 aromatic carbocycles. The molecule has 0 unspecified atom stereocenters. The number of pyridine rings is 1. The maximum absolute atomic E-state index is 12.9. The number of alkyl halides is 3. The zero-order valence-electron chi connectivity index (χ0n) is 11.9. The summed E-state index contributed by atoms with van der Waals surface area (Å²) in [6, 6.07) is 8.67. The molecule has 3 nitrogen and oxygen atoms in total. The third kappa shape index (κ3) is 3.30. The second-order valence-corrected chi connectivity index (χ2v) is 6.32. The molecule has 0 saturated heterocycles. The highest BCUT2D eigenvalue weighted by molar-refractivity contribution is 7.98. The topological polar surface area (TPSA) is 30.2 Å². The maximum atomic E-state index is 12.9. The Hall–Kier alpha value is -1.73. The Balaban J connectivity index is 1.95. The van der Waals surface area contributed by atoms with Crippen LogP contribution in [0.5, 0.6) is 0 Å². The molecule has 0 aliphatic heterocycles. The van der Waals surface area contributed by atoms with Crippen LogP contribution in [-0.2, 0) is 11.9 Å². The summed E-state index contributed by atoms with van der Waals surface area (Å²) in [5.41, 5.74) is 1.59. The number of fused-ring (bicyclic) bond motifs is 1. The second-order valence-electron chi connectivity index (χ2n) is 4.97. The van der Waals surface area contributed by atoms with Gasteiger partial charge in [-0.3, -0.25) is 4.40 Å². The minimum Gasteiger partial charge on any atom is -0.276 e. The van der Waals surface area contributed by atoms with Gasteiger partial charge in [0.05, 0.1) is 10.6 Å². The molecule has 0 fully saturated rings. The van der Waals surface area contributed by atoms with Crippen LogP contribution in [0.4, 0.5) is 13.2 Å². The second kappa shape index (κ2) is 6.05. The Kier molecular flexibility index (Phi) is 4.25. The monoisotopic (exact) mass is 357 g/mol. The summed E-state index contributed by atoms with van der Waals surface area (Å²) in [6.07, 6.45) is -3.50. The third-order valence-electron chi connectivity index (χ3n) is 3.37. The average Bonchev–Trinajstić information content (AvgIpc) is 2.89. The molecule has 3 rings (SSSR count). The lowest BCUT2D eigenvalue weighted by molar-refractivity contribution is -0.137. The Morgan fingerprint density at radius 3 is 2.65 bits per heavy atom. The van der Waals surface area contributed by atoms with Gasteiger partial charge in [-0.05, 0) is 24.1 Å². The van der Waals surface area contributed by atoms with Crippen LogP contribution < -0.4 is 0 Å². The number of rotatable bonds is 3. The Morgan fingerprint density at radius 2 is 1.96 bits per heavy atom. The van der Waals surface area contributed by atoms with Gasteiger partial charge in [-0.15, -0.1) is 10.2 Å². The fraction of sp³-hybridized carbons (Fsp3) is 0.200. The number of aryl methyl sites for hydroxylation is 1. The molecule has 0 aliphatic carbocycles. The van der Waals surface area contributed by atoms with Crippen LogP contribution in [0.1, 0.15) is 16.7 Å². The van der Waals surface area contributed by atoms with E-state index in [0.29, 0.717) is 10.9 Å². The van der Waals surface area contributed by atoms with E-state index in [1.54, 1.807) is 0 Å². The summed E-state index contributed by atoms with van der Waals surface area (Å²) in [7, 11) is 0. The molecule has 8 heteroatoms. The number of aromatic nitrogens is 3. The average molecular weight is 358 g/mol. The SMILES string of the molecule is Cc1ccccc1CSc1nnc2c(Cl)cc(C(F)(F)F)cn12. The lowest BCUT2D eigenvalue weighted by Gasteiger charge is -2.09. The number of halogens is 4. The van der Waals surface area contributed by atoms with Gasteiger partial charge in [0, 0.05) is 11.9 Å². The lowest BCUT2D eigenvalue weighted by Crippen LogP contribution is -2.07. The molecule has 0 saturated carbocycles. The van der Waals surface area contributed by atoms with Gasteiger partial charge in [0.25, 0.3) is 0 Å². The molecule has 0 bridgehead atoms. The van der Waals surface area contributed by atoms with Gasteiger partial charge in [-0.1, -0.05) is 47.6 Å². The van der Waals surface area contributed by atoms with Crippen LogP contribution in [0.25, 0.3) is 5.65 Å². The summed E-state index contributed by atoms with van der Waals surface area (Å²) < 4.78 is 40.0. The molecule has 0 radical (unpaired) electrons. The maximum Gasteiger partial charge on any atom is 0.417 e. The van der Waals surface area contributed by atoms with E-state index in [9.17, 15) is 13.2 Å². The van der Waals surface area contributed by atoms with Crippen molar-refractivity contribution in [3.63, 3.8) is 0 Å². The van der Waals surface area contributed by atoms with Gasteiger partial charge in [0.2, 0.25) is 0 Å². The predicted molar refractivity (Wildman–Crippen MR) is 83.7 cm³/mol. The van der Waals surface area contributed by atoms with Crippen molar-refractivity contribution < 1.29 is 13.2 Å². The Labute approximate surface area is 139 Å². The molecule has 0 aliphatic rings. The lowest BCUT2D eigenvalue weighted by atomic mass is 10.1. The fourth-order valence-electron chi connectivity index (χ4n) is 2.10. The first-order valence-electron chi connectivity index (χ1n) is 6.65. The van der Waals surface area contributed by atoms with Crippen molar-refractivity contribution in [2.75, 3.05) is 0 Å². The number of hydrogen-bond acceptors (Lipinski definition) is 3. The molecule has 0 atom stereocenters. The molecular weight excluding hydrogens is 347 g/mol. The quantitative estimate of drug-likeness (QED) is 0.618. The summed E-state index contributed by atoms with van der Waals surface area (Å²) in [5, 5.41) is 8.11. The van der Waals surface area contributed by atoms with Gasteiger partial charge in [0.1, 0.15) is 0 Å². The van der Waals surface area contributed by atoms with E-state index in [4.69, 9.17) is 11.6 Å². The number of nitrogens with zero attached hydrogens (tertiary/aromatic N) is 3. The van der Waals surface area contributed by atoms with E-state index < -0.39 is 11.7 Å². The first-order chi connectivity index (χ1) is 10.9. The fourth-order valence-corrected chi connectivity index (χ4v) is 3.33. The normalized spacial score (nSPS) is 12.0. The highest BCUT2D eigenvalue weighted by Crippen LogP contribution is 2.33. The number of thioether (sulfide) groups is 1. The van der Waals surface area contributed by atoms with Crippen molar-refractivity contribution in [2.24, 2.45) is 0 Å². The standard InChI is InChI=1S/C15H11ClF3N3S/c1-9-4-2-3-5-10(9)8-23-14-21-20-13-12(16)6-11(7-22(13)14)15(17,18)19/h2-7H,8H2,1H3. The molecule has 2 aromatic heterocycles. The first kappa shape index (κ1) is 16.1. The molecule has 0 N–H and O–H groups in total. The van der Waals surface area contributed by atoms with Crippen LogP contribution in [0.2, 0.25) is 5.02 Å². The molecule has 0 amide bonds. The van der Waals surface area contributed by atoms with Crippen molar-refractivity contribution in [3.8, 4) is 0 Å². The summed E-state index contributed by atoms with van der Waals surface area (Å²) in [4.78, 5) is 0. The van der Waals surface area contributed by atoms with E-state index in [-0.39, 0.29) is 10.7 Å². The van der Waals surface area contributed by atoms with Crippen molar-refractivity contribution in [1.82, 2.24) is 14.6 Å². The van der Waals surface area contributed by atoms with Crippen molar-refractivity contribution in [1.29, 1.82) is 0 Å². The van der Waals surface area contributed by atoms with Gasteiger partial charge < -0.3 is 0 Å². The molecule has 23 heavy (non-hydrogen) atoms. The van der Waals surface area contributed by atoms with Crippen LogP contribution >= 0.6 is 23.4 Å². The van der Waals surface area contributed by atoms with E-state index >= 15 is 0 Å². The summed E-state index contributed by atoms with van der Waals surface area (Å²) >= 11 is 7.21. The Morgan fingerprint density at radius 1 is 1.22 bits per heavy atom. The van der Waals surface area contributed by atoms with Crippen LogP contribution in [0.15, 0.2) is 41.7 Å². The summed E-state index contributed by atoms with van der Waals surface area (Å²) in [5.74, 6) is 0.585. The van der Waals surface area contributed by atoms with Crippen LogP contribution in [0, 0.1) is 6.92 Å². The van der Waals surface area contributed by atoms with Gasteiger partial charge >= 0.3 is 6.18 Å². The van der Waals surface area contributed by atoms with Crippen molar-refractivity contribution >= 4 is 29.0 Å². The van der Waals surface area contributed by atoms with E-state index in [1.165, 1.54) is 16.2 Å². The van der Waals surface area contributed by atoms with Crippen molar-refractivity contribution in [2.45, 2.75) is 24.0 Å². The molecule has 2 heterocycles. The van der Waals surface area contributed by atoms with E-state index in [2.05, 4.69) is 10.2 Å². The number of benzene rings is 1. The zero-order chi connectivity index (χ0) is 16.6. The Bertz CT molecular complexity index is 861. The van der Waals surface area contributed by atoms with E-state index in [1.807, 2.05) is 31.2 Å². The highest BCUT2D eigenvalue weighted by atomic mass is 35.5. The van der Waals surface area contributed by atoms with Crippen LogP contribution in [0.3, 0.4) is 0 Å². The smallest absolute Gasteiger partial charge is 0.276 e. The molecule has 0 spiro atoms. The highest BCUT2D eigenvalue weighted by Gasteiger charge is 2.32. The molecule has 3 aromatic rings.